The van der Waals surface area contributed by atoms with Gasteiger partial charge in [0, 0.05) is 25.7 Å². The lowest BCUT2D eigenvalue weighted by molar-refractivity contribution is -0.133. The number of benzene rings is 1. The van der Waals surface area contributed by atoms with Crippen LogP contribution in [0.4, 0.5) is 0 Å². The van der Waals surface area contributed by atoms with Gasteiger partial charge in [0.05, 0.1) is 6.04 Å². The second kappa shape index (κ2) is 6.80. The maximum Gasteiger partial charge on any atom is 0.239 e. The summed E-state index contributed by atoms with van der Waals surface area (Å²) in [7, 11) is 0. The predicted octanol–water partition coefficient (Wildman–Crippen LogP) is 1.85. The van der Waals surface area contributed by atoms with E-state index in [1.807, 2.05) is 0 Å². The van der Waals surface area contributed by atoms with E-state index in [-0.39, 0.29) is 11.9 Å². The van der Waals surface area contributed by atoms with Crippen molar-refractivity contribution in [3.63, 3.8) is 0 Å². The molecular formula is C18H27N3O. The molecule has 0 radical (unpaired) electrons. The van der Waals surface area contributed by atoms with Crippen molar-refractivity contribution in [2.24, 2.45) is 11.7 Å². The van der Waals surface area contributed by atoms with Gasteiger partial charge in [0.2, 0.25) is 5.91 Å². The van der Waals surface area contributed by atoms with Gasteiger partial charge in [-0.05, 0) is 44.2 Å². The summed E-state index contributed by atoms with van der Waals surface area (Å²) in [5.41, 5.74) is 7.17. The van der Waals surface area contributed by atoms with Crippen LogP contribution in [0.25, 0.3) is 0 Å². The zero-order chi connectivity index (χ0) is 15.5. The molecule has 1 saturated heterocycles. The molecule has 120 valence electrons. The summed E-state index contributed by atoms with van der Waals surface area (Å²) in [6.45, 7) is 5.92. The van der Waals surface area contributed by atoms with Gasteiger partial charge < -0.3 is 10.6 Å². The Morgan fingerprint density at radius 3 is 2.68 bits per heavy atom. The van der Waals surface area contributed by atoms with E-state index in [1.54, 1.807) is 6.92 Å². The highest BCUT2D eigenvalue weighted by molar-refractivity contribution is 5.81. The molecule has 1 aliphatic heterocycles. The van der Waals surface area contributed by atoms with Gasteiger partial charge in [-0.1, -0.05) is 30.3 Å². The molecule has 0 aromatic heterocycles. The van der Waals surface area contributed by atoms with E-state index < -0.39 is 0 Å². The fourth-order valence-electron chi connectivity index (χ4n) is 3.39. The Morgan fingerprint density at radius 2 is 2.05 bits per heavy atom. The van der Waals surface area contributed by atoms with Gasteiger partial charge in [0.1, 0.15) is 0 Å². The number of rotatable bonds is 6. The molecule has 3 rings (SSSR count). The maximum absolute atomic E-state index is 12.3. The van der Waals surface area contributed by atoms with E-state index >= 15 is 0 Å². The average Bonchev–Trinajstić information content (AvgIpc) is 3.26. The Labute approximate surface area is 133 Å². The standard InChI is InChI=1S/C18H27N3O/c1-14(19)18(22)21(17-7-8-17)13-16-9-10-20(12-16)11-15-5-3-2-4-6-15/h2-6,14,16-17H,7-13,19H2,1H3. The third-order valence-electron chi connectivity index (χ3n) is 4.73. The average molecular weight is 301 g/mol. The topological polar surface area (TPSA) is 49.6 Å². The lowest BCUT2D eigenvalue weighted by atomic mass is 10.1. The summed E-state index contributed by atoms with van der Waals surface area (Å²) in [6, 6.07) is 10.7. The van der Waals surface area contributed by atoms with Crippen molar-refractivity contribution in [1.29, 1.82) is 0 Å². The van der Waals surface area contributed by atoms with Crippen LogP contribution in [-0.2, 0) is 11.3 Å². The Bertz CT molecular complexity index is 498. The SMILES string of the molecule is CC(N)C(=O)N(CC1CCN(Cc2ccccc2)C1)C1CC1. The minimum absolute atomic E-state index is 0.129. The van der Waals surface area contributed by atoms with Gasteiger partial charge in [-0.3, -0.25) is 9.69 Å². The first-order valence-corrected chi connectivity index (χ1v) is 8.46. The van der Waals surface area contributed by atoms with Crippen LogP contribution in [0.2, 0.25) is 0 Å². The van der Waals surface area contributed by atoms with Gasteiger partial charge in [-0.25, -0.2) is 0 Å². The van der Waals surface area contributed by atoms with Crippen molar-refractivity contribution in [3.05, 3.63) is 35.9 Å². The van der Waals surface area contributed by atoms with Gasteiger partial charge in [0.25, 0.3) is 0 Å². The molecule has 1 saturated carbocycles. The molecule has 1 aromatic rings. The summed E-state index contributed by atoms with van der Waals surface area (Å²) in [5, 5.41) is 0. The molecule has 0 bridgehead atoms. The number of likely N-dealkylation sites (tertiary alicyclic amines) is 1. The van der Waals surface area contributed by atoms with Crippen LogP contribution < -0.4 is 5.73 Å². The van der Waals surface area contributed by atoms with Crippen molar-refractivity contribution < 1.29 is 4.79 Å². The lowest BCUT2D eigenvalue weighted by Gasteiger charge is -2.27. The van der Waals surface area contributed by atoms with Crippen molar-refractivity contribution in [1.82, 2.24) is 9.80 Å². The van der Waals surface area contributed by atoms with Gasteiger partial charge in [-0.2, -0.15) is 0 Å². The molecule has 4 nitrogen and oxygen atoms in total. The first kappa shape index (κ1) is 15.5. The predicted molar refractivity (Wildman–Crippen MR) is 88.2 cm³/mol. The highest BCUT2D eigenvalue weighted by Crippen LogP contribution is 2.30. The molecule has 1 aliphatic carbocycles. The highest BCUT2D eigenvalue weighted by atomic mass is 16.2. The Kier molecular flexibility index (Phi) is 4.79. The maximum atomic E-state index is 12.3. The number of hydrogen-bond acceptors (Lipinski definition) is 3. The molecule has 2 fully saturated rings. The molecule has 22 heavy (non-hydrogen) atoms. The number of amides is 1. The largest absolute Gasteiger partial charge is 0.338 e. The van der Waals surface area contributed by atoms with Crippen molar-refractivity contribution >= 4 is 5.91 Å². The summed E-state index contributed by atoms with van der Waals surface area (Å²) < 4.78 is 0. The summed E-state index contributed by atoms with van der Waals surface area (Å²) in [4.78, 5) is 16.8. The monoisotopic (exact) mass is 301 g/mol. The summed E-state index contributed by atoms with van der Waals surface area (Å²) >= 11 is 0. The number of nitrogens with zero attached hydrogens (tertiary/aromatic N) is 2. The van der Waals surface area contributed by atoms with Crippen LogP contribution in [0.15, 0.2) is 30.3 Å². The van der Waals surface area contributed by atoms with Gasteiger partial charge in [-0.15, -0.1) is 0 Å². The Morgan fingerprint density at radius 1 is 1.32 bits per heavy atom. The third-order valence-corrected chi connectivity index (χ3v) is 4.73. The molecular weight excluding hydrogens is 274 g/mol. The van der Waals surface area contributed by atoms with Crippen molar-refractivity contribution in [2.75, 3.05) is 19.6 Å². The molecule has 2 unspecified atom stereocenters. The smallest absolute Gasteiger partial charge is 0.239 e. The van der Waals surface area contributed by atoms with Crippen LogP contribution >= 0.6 is 0 Å². The molecule has 1 heterocycles. The molecule has 1 amide bonds. The van der Waals surface area contributed by atoms with Gasteiger partial charge in [0.15, 0.2) is 0 Å². The first-order chi connectivity index (χ1) is 10.6. The number of hydrogen-bond donors (Lipinski definition) is 1. The molecule has 1 aromatic carbocycles. The van der Waals surface area contributed by atoms with E-state index in [1.165, 1.54) is 12.0 Å². The fourth-order valence-corrected chi connectivity index (χ4v) is 3.39. The third kappa shape index (κ3) is 3.87. The molecule has 4 heteroatoms. The van der Waals surface area contributed by atoms with Crippen molar-refractivity contribution in [2.45, 2.75) is 44.8 Å². The normalized spacial score (nSPS) is 23.5. The molecule has 0 spiro atoms. The van der Waals surface area contributed by atoms with E-state index in [4.69, 9.17) is 5.73 Å². The van der Waals surface area contributed by atoms with Crippen LogP contribution in [-0.4, -0.2) is 47.4 Å². The van der Waals surface area contributed by atoms with E-state index in [9.17, 15) is 4.79 Å². The first-order valence-electron chi connectivity index (χ1n) is 8.46. The summed E-state index contributed by atoms with van der Waals surface area (Å²) in [6.07, 6.45) is 3.49. The lowest BCUT2D eigenvalue weighted by Crippen LogP contribution is -2.45. The molecule has 2 atom stereocenters. The second-order valence-electron chi connectivity index (χ2n) is 6.89. The Balaban J connectivity index is 1.52. The quantitative estimate of drug-likeness (QED) is 0.872. The minimum atomic E-state index is -0.373. The number of carbonyl (C=O) groups is 1. The zero-order valence-electron chi connectivity index (χ0n) is 13.4. The highest BCUT2D eigenvalue weighted by Gasteiger charge is 2.36. The molecule has 2 aliphatic rings. The number of carbonyl (C=O) groups excluding carboxylic acids is 1. The molecule has 2 N–H and O–H groups in total. The second-order valence-corrected chi connectivity index (χ2v) is 6.89. The van der Waals surface area contributed by atoms with Crippen molar-refractivity contribution in [3.8, 4) is 0 Å². The summed E-state index contributed by atoms with van der Waals surface area (Å²) in [5.74, 6) is 0.719. The zero-order valence-corrected chi connectivity index (χ0v) is 13.4. The van der Waals surface area contributed by atoms with E-state index in [0.29, 0.717) is 12.0 Å². The van der Waals surface area contributed by atoms with Crippen LogP contribution in [0.5, 0.6) is 0 Å². The minimum Gasteiger partial charge on any atom is -0.338 e. The van der Waals surface area contributed by atoms with Gasteiger partial charge >= 0.3 is 0 Å². The van der Waals surface area contributed by atoms with E-state index in [0.717, 1.165) is 39.0 Å². The van der Waals surface area contributed by atoms with E-state index in [2.05, 4.69) is 40.1 Å². The fraction of sp³-hybridized carbons (Fsp3) is 0.611. The number of nitrogens with two attached hydrogens (primary N) is 1. The Hall–Kier alpha value is -1.39. The van der Waals surface area contributed by atoms with Crippen LogP contribution in [0.3, 0.4) is 0 Å². The van der Waals surface area contributed by atoms with Crippen LogP contribution in [0.1, 0.15) is 31.7 Å². The van der Waals surface area contributed by atoms with Crippen LogP contribution in [0, 0.1) is 5.92 Å².